The van der Waals surface area contributed by atoms with Gasteiger partial charge in [0.25, 0.3) is 0 Å². The number of rotatable bonds is 6. The van der Waals surface area contributed by atoms with E-state index in [1.807, 2.05) is 11.9 Å². The van der Waals surface area contributed by atoms with Gasteiger partial charge in [0.15, 0.2) is 0 Å². The van der Waals surface area contributed by atoms with Crippen molar-refractivity contribution in [3.05, 3.63) is 17.7 Å². The van der Waals surface area contributed by atoms with Crippen molar-refractivity contribution in [2.75, 3.05) is 50.6 Å². The van der Waals surface area contributed by atoms with E-state index in [0.29, 0.717) is 12.6 Å². The van der Waals surface area contributed by atoms with Crippen molar-refractivity contribution in [1.82, 2.24) is 9.88 Å². The number of methoxy groups -OCH3 is 1. The maximum atomic E-state index is 11.4. The predicted molar refractivity (Wildman–Crippen MR) is 93.0 cm³/mol. The first-order valence-electron chi connectivity index (χ1n) is 8.20. The molecule has 1 aromatic heterocycles. The molecular weight excluding hydrogens is 292 g/mol. The molecule has 1 aliphatic heterocycles. The second kappa shape index (κ2) is 8.15. The molecule has 0 bridgehead atoms. The van der Waals surface area contributed by atoms with Gasteiger partial charge in [-0.3, -0.25) is 4.79 Å². The van der Waals surface area contributed by atoms with Crippen LogP contribution >= 0.6 is 0 Å². The summed E-state index contributed by atoms with van der Waals surface area (Å²) < 4.78 is 5.13. The Hall–Kier alpha value is -1.82. The van der Waals surface area contributed by atoms with Crippen molar-refractivity contribution >= 4 is 17.5 Å². The number of hydrogen-bond donors (Lipinski definition) is 1. The first kappa shape index (κ1) is 17.5. The van der Waals surface area contributed by atoms with Crippen molar-refractivity contribution in [1.29, 1.82) is 0 Å². The number of amides is 1. The van der Waals surface area contributed by atoms with Crippen LogP contribution in [0.2, 0.25) is 0 Å². The summed E-state index contributed by atoms with van der Waals surface area (Å²) in [5.74, 6) is 2.02. The Morgan fingerprint density at radius 2 is 2.13 bits per heavy atom. The molecule has 0 atom stereocenters. The predicted octanol–water partition coefficient (Wildman–Crippen LogP) is 1.90. The number of aryl methyl sites for hydroxylation is 1. The number of pyridine rings is 1. The number of piperidine rings is 1. The number of likely N-dealkylation sites (N-methyl/N-ethyl adjacent to an activating group) is 1. The van der Waals surface area contributed by atoms with E-state index in [1.165, 1.54) is 5.56 Å². The third-order valence-corrected chi connectivity index (χ3v) is 4.27. The Morgan fingerprint density at radius 3 is 2.74 bits per heavy atom. The van der Waals surface area contributed by atoms with E-state index in [-0.39, 0.29) is 5.91 Å². The van der Waals surface area contributed by atoms with Crippen LogP contribution in [0, 0.1) is 6.92 Å². The topological polar surface area (TPSA) is 57.7 Å². The summed E-state index contributed by atoms with van der Waals surface area (Å²) in [6.45, 7) is 6.84. The van der Waals surface area contributed by atoms with Gasteiger partial charge in [0.1, 0.15) is 11.6 Å². The number of nitrogens with zero attached hydrogens (tertiary/aromatic N) is 3. The fourth-order valence-corrected chi connectivity index (χ4v) is 2.81. The van der Waals surface area contributed by atoms with Crippen LogP contribution in [0.25, 0.3) is 0 Å². The number of carbonyl (C=O) groups is 1. The van der Waals surface area contributed by atoms with Gasteiger partial charge >= 0.3 is 0 Å². The minimum absolute atomic E-state index is 0.166. The summed E-state index contributed by atoms with van der Waals surface area (Å²) in [6, 6.07) is 4.53. The molecule has 6 heteroatoms. The number of nitrogens with one attached hydrogen (secondary N) is 1. The van der Waals surface area contributed by atoms with E-state index in [2.05, 4.69) is 29.3 Å². The molecule has 0 radical (unpaired) electrons. The molecule has 1 N–H and O–H groups in total. The van der Waals surface area contributed by atoms with Gasteiger partial charge in [-0.25, -0.2) is 4.98 Å². The maximum Gasteiger partial charge on any atom is 0.219 e. The smallest absolute Gasteiger partial charge is 0.219 e. The molecule has 128 valence electrons. The van der Waals surface area contributed by atoms with Gasteiger partial charge in [0.05, 0.1) is 6.61 Å². The van der Waals surface area contributed by atoms with Crippen molar-refractivity contribution in [2.45, 2.75) is 32.7 Å². The quantitative estimate of drug-likeness (QED) is 0.867. The van der Waals surface area contributed by atoms with E-state index in [4.69, 9.17) is 9.72 Å². The Morgan fingerprint density at radius 1 is 1.43 bits per heavy atom. The molecule has 23 heavy (non-hydrogen) atoms. The number of aromatic nitrogens is 1. The number of ether oxygens (including phenoxy) is 1. The van der Waals surface area contributed by atoms with Crippen LogP contribution in [-0.2, 0) is 9.53 Å². The van der Waals surface area contributed by atoms with Crippen molar-refractivity contribution < 1.29 is 9.53 Å². The molecule has 0 spiro atoms. The van der Waals surface area contributed by atoms with E-state index in [0.717, 1.165) is 44.1 Å². The highest BCUT2D eigenvalue weighted by Gasteiger charge is 2.21. The lowest BCUT2D eigenvalue weighted by Gasteiger charge is -2.32. The standard InChI is InChI=1S/C17H28N4O2/c1-13-11-16(19-17(12-13)20(3)9-10-23-4)18-15-5-7-21(8-6-15)14(2)22/h11-12,15H,5-10H2,1-4H3,(H,18,19). The van der Waals surface area contributed by atoms with Crippen LogP contribution in [0.4, 0.5) is 11.6 Å². The third kappa shape index (κ3) is 5.10. The van der Waals surface area contributed by atoms with E-state index >= 15 is 0 Å². The fraction of sp³-hybridized carbons (Fsp3) is 0.647. The van der Waals surface area contributed by atoms with Gasteiger partial charge in [-0.2, -0.15) is 0 Å². The van der Waals surface area contributed by atoms with Gasteiger partial charge in [-0.1, -0.05) is 0 Å². The zero-order valence-corrected chi connectivity index (χ0v) is 14.6. The second-order valence-corrected chi connectivity index (χ2v) is 6.23. The molecule has 2 rings (SSSR count). The molecular formula is C17H28N4O2. The average molecular weight is 320 g/mol. The highest BCUT2D eigenvalue weighted by molar-refractivity contribution is 5.73. The van der Waals surface area contributed by atoms with Crippen LogP contribution in [0.5, 0.6) is 0 Å². The average Bonchev–Trinajstić information content (AvgIpc) is 2.52. The van der Waals surface area contributed by atoms with Gasteiger partial charge in [-0.15, -0.1) is 0 Å². The van der Waals surface area contributed by atoms with Crippen LogP contribution in [0.3, 0.4) is 0 Å². The van der Waals surface area contributed by atoms with Crippen molar-refractivity contribution in [2.24, 2.45) is 0 Å². The summed E-state index contributed by atoms with van der Waals surface area (Å²) in [4.78, 5) is 20.1. The molecule has 6 nitrogen and oxygen atoms in total. The Bertz CT molecular complexity index is 527. The molecule has 0 aliphatic carbocycles. The summed E-state index contributed by atoms with van der Waals surface area (Å²) in [6.07, 6.45) is 1.92. The maximum absolute atomic E-state index is 11.4. The van der Waals surface area contributed by atoms with Crippen LogP contribution in [-0.4, -0.2) is 62.2 Å². The fourth-order valence-electron chi connectivity index (χ4n) is 2.81. The third-order valence-electron chi connectivity index (χ3n) is 4.27. The van der Waals surface area contributed by atoms with Crippen molar-refractivity contribution in [3.8, 4) is 0 Å². The zero-order chi connectivity index (χ0) is 16.8. The number of anilines is 2. The number of likely N-dealkylation sites (tertiary alicyclic amines) is 1. The van der Waals surface area contributed by atoms with Crippen LogP contribution in [0.1, 0.15) is 25.3 Å². The van der Waals surface area contributed by atoms with Crippen LogP contribution in [0.15, 0.2) is 12.1 Å². The number of hydrogen-bond acceptors (Lipinski definition) is 5. The lowest BCUT2D eigenvalue weighted by Crippen LogP contribution is -2.41. The van der Waals surface area contributed by atoms with Crippen LogP contribution < -0.4 is 10.2 Å². The molecule has 1 amide bonds. The van der Waals surface area contributed by atoms with Gasteiger partial charge in [-0.05, 0) is 37.5 Å². The van der Waals surface area contributed by atoms with E-state index in [9.17, 15) is 4.79 Å². The Balaban J connectivity index is 1.97. The van der Waals surface area contributed by atoms with Gasteiger partial charge in [0, 0.05) is 46.8 Å². The second-order valence-electron chi connectivity index (χ2n) is 6.23. The van der Waals surface area contributed by atoms with Gasteiger partial charge in [0.2, 0.25) is 5.91 Å². The first-order chi connectivity index (χ1) is 11.0. The zero-order valence-electron chi connectivity index (χ0n) is 14.6. The molecule has 0 unspecified atom stereocenters. The van der Waals surface area contributed by atoms with Gasteiger partial charge < -0.3 is 19.9 Å². The molecule has 1 aromatic rings. The lowest BCUT2D eigenvalue weighted by molar-refractivity contribution is -0.129. The van der Waals surface area contributed by atoms with Crippen molar-refractivity contribution in [3.63, 3.8) is 0 Å². The summed E-state index contributed by atoms with van der Waals surface area (Å²) in [7, 11) is 3.73. The Kier molecular flexibility index (Phi) is 6.21. The Labute approximate surface area is 138 Å². The monoisotopic (exact) mass is 320 g/mol. The summed E-state index contributed by atoms with van der Waals surface area (Å²) in [5, 5.41) is 3.53. The minimum Gasteiger partial charge on any atom is -0.383 e. The molecule has 0 saturated carbocycles. The van der Waals surface area contributed by atoms with E-state index in [1.54, 1.807) is 14.0 Å². The highest BCUT2D eigenvalue weighted by Crippen LogP contribution is 2.20. The SMILES string of the molecule is COCCN(C)c1cc(C)cc(NC2CCN(C(C)=O)CC2)n1. The highest BCUT2D eigenvalue weighted by atomic mass is 16.5. The first-order valence-corrected chi connectivity index (χ1v) is 8.20. The normalized spacial score (nSPS) is 15.6. The molecule has 0 aromatic carbocycles. The summed E-state index contributed by atoms with van der Waals surface area (Å²) in [5.41, 5.74) is 1.18. The molecule has 1 saturated heterocycles. The minimum atomic E-state index is 0.166. The molecule has 2 heterocycles. The summed E-state index contributed by atoms with van der Waals surface area (Å²) >= 11 is 0. The lowest BCUT2D eigenvalue weighted by atomic mass is 10.0. The van der Waals surface area contributed by atoms with E-state index < -0.39 is 0 Å². The molecule has 1 aliphatic rings. The molecule has 1 fully saturated rings. The number of carbonyl (C=O) groups excluding carboxylic acids is 1. The largest absolute Gasteiger partial charge is 0.383 e.